The number of benzene rings is 2. The summed E-state index contributed by atoms with van der Waals surface area (Å²) in [5.74, 6) is 2.82. The molecule has 0 saturated heterocycles. The molecule has 0 heterocycles. The van der Waals surface area contributed by atoms with E-state index in [9.17, 15) is 5.11 Å². The van der Waals surface area contributed by atoms with Crippen molar-refractivity contribution in [1.82, 2.24) is 0 Å². The number of phenolic OH excluding ortho intramolecular Hbond substituents is 1. The Hall–Kier alpha value is -2.16. The first kappa shape index (κ1) is 15.2. The molecular formula is C18H22O3. The zero-order valence-corrected chi connectivity index (χ0v) is 13.0. The van der Waals surface area contributed by atoms with Gasteiger partial charge in [-0.15, -0.1) is 0 Å². The molecule has 1 atom stereocenters. The molecule has 21 heavy (non-hydrogen) atoms. The van der Waals surface area contributed by atoms with E-state index in [1.165, 1.54) is 5.56 Å². The molecule has 0 spiro atoms. The van der Waals surface area contributed by atoms with Crippen LogP contribution < -0.4 is 9.47 Å². The van der Waals surface area contributed by atoms with Crippen LogP contribution in [0.5, 0.6) is 23.0 Å². The molecule has 0 amide bonds. The van der Waals surface area contributed by atoms with Crippen LogP contribution in [0.2, 0.25) is 0 Å². The summed E-state index contributed by atoms with van der Waals surface area (Å²) in [6.07, 6.45) is 1.08. The standard InChI is InChI=1S/C18H22O3/c1-5-12(2)16-10-11-17(20-4)18(13(16)3)21-15-8-6-14(19)7-9-15/h6-12,19H,5H2,1-4H3. The summed E-state index contributed by atoms with van der Waals surface area (Å²) >= 11 is 0. The highest BCUT2D eigenvalue weighted by Gasteiger charge is 2.16. The number of ether oxygens (including phenoxy) is 2. The molecule has 1 N–H and O–H groups in total. The molecule has 1 unspecified atom stereocenters. The zero-order valence-electron chi connectivity index (χ0n) is 13.0. The Bertz CT molecular complexity index is 603. The van der Waals surface area contributed by atoms with Crippen LogP contribution in [0, 0.1) is 6.92 Å². The second kappa shape index (κ2) is 6.53. The van der Waals surface area contributed by atoms with Crippen LogP contribution in [-0.4, -0.2) is 12.2 Å². The molecule has 0 bridgehead atoms. The molecule has 3 heteroatoms. The monoisotopic (exact) mass is 286 g/mol. The maximum absolute atomic E-state index is 9.35. The molecule has 3 nitrogen and oxygen atoms in total. The van der Waals surface area contributed by atoms with Gasteiger partial charge < -0.3 is 14.6 Å². The summed E-state index contributed by atoms with van der Waals surface area (Å²) in [5.41, 5.74) is 2.36. The van der Waals surface area contributed by atoms with Gasteiger partial charge in [0.15, 0.2) is 11.5 Å². The SMILES string of the molecule is CCC(C)c1ccc(OC)c(Oc2ccc(O)cc2)c1C. The van der Waals surface area contributed by atoms with E-state index in [0.717, 1.165) is 17.7 Å². The van der Waals surface area contributed by atoms with Gasteiger partial charge >= 0.3 is 0 Å². The summed E-state index contributed by atoms with van der Waals surface area (Å²) in [6.45, 7) is 6.44. The third-order valence-corrected chi connectivity index (χ3v) is 3.83. The number of hydrogen-bond donors (Lipinski definition) is 1. The third-order valence-electron chi connectivity index (χ3n) is 3.83. The fourth-order valence-electron chi connectivity index (χ4n) is 2.36. The van der Waals surface area contributed by atoms with Gasteiger partial charge in [0.25, 0.3) is 0 Å². The van der Waals surface area contributed by atoms with Crippen molar-refractivity contribution in [2.24, 2.45) is 0 Å². The van der Waals surface area contributed by atoms with Crippen molar-refractivity contribution in [2.75, 3.05) is 7.11 Å². The van der Waals surface area contributed by atoms with Gasteiger partial charge in [0, 0.05) is 0 Å². The fourth-order valence-corrected chi connectivity index (χ4v) is 2.36. The molecule has 0 radical (unpaired) electrons. The van der Waals surface area contributed by atoms with E-state index in [4.69, 9.17) is 9.47 Å². The highest BCUT2D eigenvalue weighted by Crippen LogP contribution is 2.39. The minimum absolute atomic E-state index is 0.222. The molecular weight excluding hydrogens is 264 g/mol. The van der Waals surface area contributed by atoms with Gasteiger partial charge in [-0.3, -0.25) is 0 Å². The second-order valence-corrected chi connectivity index (χ2v) is 5.22. The molecule has 0 aliphatic rings. The van der Waals surface area contributed by atoms with E-state index in [1.807, 2.05) is 6.07 Å². The summed E-state index contributed by atoms with van der Waals surface area (Å²) in [7, 11) is 1.64. The summed E-state index contributed by atoms with van der Waals surface area (Å²) in [4.78, 5) is 0. The van der Waals surface area contributed by atoms with Gasteiger partial charge in [0.1, 0.15) is 11.5 Å². The molecule has 0 aliphatic heterocycles. The van der Waals surface area contributed by atoms with Gasteiger partial charge in [-0.2, -0.15) is 0 Å². The van der Waals surface area contributed by atoms with E-state index < -0.39 is 0 Å². The molecule has 0 saturated carbocycles. The average Bonchev–Trinajstić information content (AvgIpc) is 2.50. The van der Waals surface area contributed by atoms with Crippen molar-refractivity contribution in [3.05, 3.63) is 47.5 Å². The summed E-state index contributed by atoms with van der Waals surface area (Å²) in [6, 6.07) is 10.7. The third kappa shape index (κ3) is 3.30. The summed E-state index contributed by atoms with van der Waals surface area (Å²) in [5, 5.41) is 9.35. The summed E-state index contributed by atoms with van der Waals surface area (Å²) < 4.78 is 11.4. The van der Waals surface area contributed by atoms with E-state index >= 15 is 0 Å². The number of aromatic hydroxyl groups is 1. The van der Waals surface area contributed by atoms with E-state index in [1.54, 1.807) is 31.4 Å². The molecule has 0 fully saturated rings. The first-order valence-corrected chi connectivity index (χ1v) is 7.21. The zero-order chi connectivity index (χ0) is 15.4. The normalized spacial score (nSPS) is 12.0. The Morgan fingerprint density at radius 1 is 1.10 bits per heavy atom. The van der Waals surface area contributed by atoms with E-state index in [2.05, 4.69) is 26.8 Å². The lowest BCUT2D eigenvalue weighted by atomic mass is 9.93. The minimum Gasteiger partial charge on any atom is -0.508 e. The number of rotatable bonds is 5. The van der Waals surface area contributed by atoms with Crippen molar-refractivity contribution < 1.29 is 14.6 Å². The highest BCUT2D eigenvalue weighted by molar-refractivity contribution is 5.53. The van der Waals surface area contributed by atoms with Crippen molar-refractivity contribution in [2.45, 2.75) is 33.1 Å². The van der Waals surface area contributed by atoms with Crippen molar-refractivity contribution in [3.8, 4) is 23.0 Å². The van der Waals surface area contributed by atoms with Gasteiger partial charge in [-0.1, -0.05) is 19.9 Å². The Morgan fingerprint density at radius 2 is 1.76 bits per heavy atom. The van der Waals surface area contributed by atoms with Crippen LogP contribution in [0.3, 0.4) is 0 Å². The smallest absolute Gasteiger partial charge is 0.172 e. The quantitative estimate of drug-likeness (QED) is 0.839. The van der Waals surface area contributed by atoms with Crippen LogP contribution in [-0.2, 0) is 0 Å². The molecule has 2 rings (SSSR count). The lowest BCUT2D eigenvalue weighted by Gasteiger charge is -2.19. The van der Waals surface area contributed by atoms with Gasteiger partial charge in [0.2, 0.25) is 0 Å². The van der Waals surface area contributed by atoms with Crippen LogP contribution in [0.1, 0.15) is 37.3 Å². The van der Waals surface area contributed by atoms with E-state index in [0.29, 0.717) is 17.4 Å². The molecule has 2 aromatic rings. The lowest BCUT2D eigenvalue weighted by Crippen LogP contribution is -2.00. The average molecular weight is 286 g/mol. The Morgan fingerprint density at radius 3 is 2.33 bits per heavy atom. The lowest BCUT2D eigenvalue weighted by molar-refractivity contribution is 0.376. The minimum atomic E-state index is 0.222. The first-order valence-electron chi connectivity index (χ1n) is 7.21. The van der Waals surface area contributed by atoms with Crippen LogP contribution >= 0.6 is 0 Å². The topological polar surface area (TPSA) is 38.7 Å². The van der Waals surface area contributed by atoms with Crippen molar-refractivity contribution in [3.63, 3.8) is 0 Å². The number of phenols is 1. The van der Waals surface area contributed by atoms with Gasteiger partial charge in [-0.25, -0.2) is 0 Å². The van der Waals surface area contributed by atoms with Crippen molar-refractivity contribution in [1.29, 1.82) is 0 Å². The van der Waals surface area contributed by atoms with Crippen LogP contribution in [0.15, 0.2) is 36.4 Å². The Balaban J connectivity index is 2.42. The predicted octanol–water partition coefficient (Wildman–Crippen LogP) is 5.02. The second-order valence-electron chi connectivity index (χ2n) is 5.22. The van der Waals surface area contributed by atoms with E-state index in [-0.39, 0.29) is 5.75 Å². The van der Waals surface area contributed by atoms with Crippen LogP contribution in [0.4, 0.5) is 0 Å². The van der Waals surface area contributed by atoms with Gasteiger partial charge in [-0.05, 0) is 60.7 Å². The maximum atomic E-state index is 9.35. The fraction of sp³-hybridized carbons (Fsp3) is 0.333. The van der Waals surface area contributed by atoms with Crippen molar-refractivity contribution >= 4 is 0 Å². The van der Waals surface area contributed by atoms with Crippen LogP contribution in [0.25, 0.3) is 0 Å². The maximum Gasteiger partial charge on any atom is 0.172 e. The molecule has 0 aromatic heterocycles. The number of methoxy groups -OCH3 is 1. The predicted molar refractivity (Wildman–Crippen MR) is 84.6 cm³/mol. The largest absolute Gasteiger partial charge is 0.508 e. The van der Waals surface area contributed by atoms with Gasteiger partial charge in [0.05, 0.1) is 7.11 Å². The number of hydrogen-bond acceptors (Lipinski definition) is 3. The Kier molecular flexibility index (Phi) is 4.73. The highest BCUT2D eigenvalue weighted by atomic mass is 16.5. The molecule has 2 aromatic carbocycles. The molecule has 0 aliphatic carbocycles. The first-order chi connectivity index (χ1) is 10.1. The Labute approximate surface area is 126 Å². The molecule has 112 valence electrons.